The zero-order chi connectivity index (χ0) is 15.7. The Morgan fingerprint density at radius 2 is 1.82 bits per heavy atom. The summed E-state index contributed by atoms with van der Waals surface area (Å²) in [6.45, 7) is 4.10. The summed E-state index contributed by atoms with van der Waals surface area (Å²) in [4.78, 5) is 26.7. The van der Waals surface area contributed by atoms with E-state index in [0.717, 1.165) is 25.9 Å². The molecule has 0 radical (unpaired) electrons. The van der Waals surface area contributed by atoms with Gasteiger partial charge in [0.2, 0.25) is 5.91 Å². The minimum atomic E-state index is -0.207. The fraction of sp³-hybridized carbons (Fsp3) is 0.529. The molecule has 22 heavy (non-hydrogen) atoms. The largest absolute Gasteiger partial charge is 0.324 e. The van der Waals surface area contributed by atoms with E-state index in [1.165, 1.54) is 27.5 Å². The van der Waals surface area contributed by atoms with Gasteiger partial charge >= 0.3 is 0 Å². The molecular weight excluding hydrogens is 283 g/mol. The first-order valence-electron chi connectivity index (χ1n) is 8.04. The van der Waals surface area contributed by atoms with Crippen LogP contribution in [0.3, 0.4) is 0 Å². The molecule has 0 spiro atoms. The number of likely N-dealkylation sites (N-methyl/N-ethyl adjacent to an activating group) is 1. The van der Waals surface area contributed by atoms with Gasteiger partial charge in [-0.3, -0.25) is 14.5 Å². The SMILES string of the molecule is CCN1C(=O)C[C@H]([NH+]2CCC(c3ccc(F)cc3)CC2)C1=O. The molecule has 0 aliphatic carbocycles. The van der Waals surface area contributed by atoms with Gasteiger partial charge in [-0.05, 0) is 30.5 Å². The summed E-state index contributed by atoms with van der Waals surface area (Å²) in [6.07, 6.45) is 2.30. The van der Waals surface area contributed by atoms with Crippen LogP contribution in [0.2, 0.25) is 0 Å². The molecule has 1 atom stereocenters. The van der Waals surface area contributed by atoms with E-state index in [2.05, 4.69) is 0 Å². The maximum atomic E-state index is 13.0. The highest BCUT2D eigenvalue weighted by Crippen LogP contribution is 2.24. The van der Waals surface area contributed by atoms with Crippen LogP contribution in [0, 0.1) is 5.82 Å². The van der Waals surface area contributed by atoms with Gasteiger partial charge in [0, 0.05) is 19.4 Å². The summed E-state index contributed by atoms with van der Waals surface area (Å²) < 4.78 is 13.0. The second-order valence-electron chi connectivity index (χ2n) is 6.22. The maximum absolute atomic E-state index is 13.0. The second kappa shape index (κ2) is 6.16. The average molecular weight is 305 g/mol. The zero-order valence-electron chi connectivity index (χ0n) is 12.8. The molecule has 1 aromatic rings. The smallest absolute Gasteiger partial charge is 0.287 e. The number of hydrogen-bond donors (Lipinski definition) is 1. The van der Waals surface area contributed by atoms with Crippen molar-refractivity contribution in [1.82, 2.24) is 4.90 Å². The third-order valence-corrected chi connectivity index (χ3v) is 5.02. The van der Waals surface area contributed by atoms with Crippen LogP contribution < -0.4 is 4.90 Å². The number of quaternary nitrogens is 1. The monoisotopic (exact) mass is 305 g/mol. The molecule has 0 saturated carbocycles. The lowest BCUT2D eigenvalue weighted by atomic mass is 9.89. The van der Waals surface area contributed by atoms with Crippen LogP contribution in [0.15, 0.2) is 24.3 Å². The van der Waals surface area contributed by atoms with Crippen LogP contribution in [0.1, 0.15) is 37.7 Å². The number of nitrogens with one attached hydrogen (secondary N) is 1. The number of likely N-dealkylation sites (tertiary alicyclic amines) is 2. The lowest BCUT2D eigenvalue weighted by Crippen LogP contribution is -3.17. The van der Waals surface area contributed by atoms with E-state index in [-0.39, 0.29) is 23.7 Å². The minimum Gasteiger partial charge on any atom is -0.324 e. The highest BCUT2D eigenvalue weighted by Gasteiger charge is 2.45. The predicted octanol–water partition coefficient (Wildman–Crippen LogP) is 0.735. The van der Waals surface area contributed by atoms with E-state index in [9.17, 15) is 14.0 Å². The summed E-state index contributed by atoms with van der Waals surface area (Å²) in [5.41, 5.74) is 1.17. The van der Waals surface area contributed by atoms with E-state index >= 15 is 0 Å². The normalized spacial score (nSPS) is 29.2. The van der Waals surface area contributed by atoms with Crippen LogP contribution >= 0.6 is 0 Å². The Morgan fingerprint density at radius 1 is 1.18 bits per heavy atom. The first-order chi connectivity index (χ1) is 10.6. The molecule has 5 heteroatoms. The molecule has 1 N–H and O–H groups in total. The van der Waals surface area contributed by atoms with E-state index in [4.69, 9.17) is 0 Å². The van der Waals surface area contributed by atoms with Gasteiger partial charge in [-0.25, -0.2) is 4.39 Å². The summed E-state index contributed by atoms with van der Waals surface area (Å²) in [6, 6.07) is 6.53. The quantitative estimate of drug-likeness (QED) is 0.837. The number of carbonyl (C=O) groups excluding carboxylic acids is 2. The molecule has 118 valence electrons. The summed E-state index contributed by atoms with van der Waals surface area (Å²) in [5.74, 6) is 0.175. The minimum absolute atomic E-state index is 0.0114. The zero-order valence-corrected chi connectivity index (χ0v) is 12.8. The first kappa shape index (κ1) is 15.2. The number of amides is 2. The van der Waals surface area contributed by atoms with Gasteiger partial charge in [0.1, 0.15) is 5.82 Å². The Labute approximate surface area is 129 Å². The van der Waals surface area contributed by atoms with Gasteiger partial charge < -0.3 is 4.90 Å². The van der Waals surface area contributed by atoms with Crippen molar-refractivity contribution in [1.29, 1.82) is 0 Å². The number of nitrogens with zero attached hydrogens (tertiary/aromatic N) is 1. The number of imide groups is 1. The highest BCUT2D eigenvalue weighted by molar-refractivity contribution is 6.04. The number of rotatable bonds is 3. The molecule has 0 aromatic heterocycles. The fourth-order valence-electron chi connectivity index (χ4n) is 3.74. The Balaban J connectivity index is 1.61. The standard InChI is InChI=1S/C17H21FN2O2/c1-2-20-16(21)11-15(17(20)22)19-9-7-13(8-10-19)12-3-5-14(18)6-4-12/h3-6,13,15H,2,7-11H2,1H3/p+1/t15-/m0/s1. The number of piperidine rings is 1. The number of carbonyl (C=O) groups is 2. The van der Waals surface area contributed by atoms with Crippen molar-refractivity contribution in [2.75, 3.05) is 19.6 Å². The fourth-order valence-corrected chi connectivity index (χ4v) is 3.74. The third kappa shape index (κ3) is 2.77. The third-order valence-electron chi connectivity index (χ3n) is 5.02. The molecule has 2 aliphatic heterocycles. The molecule has 2 saturated heterocycles. The van der Waals surface area contributed by atoms with E-state index in [0.29, 0.717) is 18.9 Å². The Hall–Kier alpha value is -1.75. The van der Waals surface area contributed by atoms with Crippen molar-refractivity contribution in [2.24, 2.45) is 0 Å². The van der Waals surface area contributed by atoms with Crippen molar-refractivity contribution >= 4 is 11.8 Å². The lowest BCUT2D eigenvalue weighted by molar-refractivity contribution is -0.920. The van der Waals surface area contributed by atoms with E-state index in [1.807, 2.05) is 19.1 Å². The summed E-state index contributed by atoms with van der Waals surface area (Å²) in [7, 11) is 0. The predicted molar refractivity (Wildman–Crippen MR) is 79.9 cm³/mol. The van der Waals surface area contributed by atoms with Gasteiger partial charge in [-0.15, -0.1) is 0 Å². The Kier molecular flexibility index (Phi) is 4.25. The van der Waals surface area contributed by atoms with Crippen LogP contribution in [0.25, 0.3) is 0 Å². The molecule has 2 fully saturated rings. The van der Waals surface area contributed by atoms with Crippen molar-refractivity contribution in [3.8, 4) is 0 Å². The van der Waals surface area contributed by atoms with Crippen molar-refractivity contribution in [2.45, 2.75) is 38.1 Å². The van der Waals surface area contributed by atoms with Crippen molar-refractivity contribution in [3.63, 3.8) is 0 Å². The maximum Gasteiger partial charge on any atom is 0.287 e. The van der Waals surface area contributed by atoms with E-state index in [1.54, 1.807) is 0 Å². The summed E-state index contributed by atoms with van der Waals surface area (Å²) >= 11 is 0. The van der Waals surface area contributed by atoms with Crippen LogP contribution in [0.4, 0.5) is 4.39 Å². The summed E-state index contributed by atoms with van der Waals surface area (Å²) in [5, 5.41) is 0. The number of benzene rings is 1. The number of hydrogen-bond acceptors (Lipinski definition) is 2. The molecular formula is C17H22FN2O2+. The molecule has 0 bridgehead atoms. The first-order valence-corrected chi connectivity index (χ1v) is 8.04. The van der Waals surface area contributed by atoms with Crippen molar-refractivity contribution in [3.05, 3.63) is 35.6 Å². The lowest BCUT2D eigenvalue weighted by Gasteiger charge is -2.32. The van der Waals surface area contributed by atoms with Gasteiger partial charge in [-0.1, -0.05) is 12.1 Å². The van der Waals surface area contributed by atoms with Gasteiger partial charge in [0.25, 0.3) is 5.91 Å². The molecule has 3 rings (SSSR count). The Morgan fingerprint density at radius 3 is 2.36 bits per heavy atom. The van der Waals surface area contributed by atoms with Gasteiger partial charge in [-0.2, -0.15) is 0 Å². The molecule has 2 heterocycles. The van der Waals surface area contributed by atoms with Gasteiger partial charge in [0.05, 0.1) is 19.5 Å². The average Bonchev–Trinajstić information content (AvgIpc) is 2.82. The molecule has 4 nitrogen and oxygen atoms in total. The molecule has 2 amide bonds. The van der Waals surface area contributed by atoms with E-state index < -0.39 is 0 Å². The molecule has 0 unspecified atom stereocenters. The molecule has 2 aliphatic rings. The second-order valence-corrected chi connectivity index (χ2v) is 6.22. The van der Waals surface area contributed by atoms with Crippen LogP contribution in [-0.4, -0.2) is 42.4 Å². The van der Waals surface area contributed by atoms with Crippen molar-refractivity contribution < 1.29 is 18.9 Å². The number of halogens is 1. The van der Waals surface area contributed by atoms with Crippen LogP contribution in [0.5, 0.6) is 0 Å². The van der Waals surface area contributed by atoms with Gasteiger partial charge in [0.15, 0.2) is 6.04 Å². The topological polar surface area (TPSA) is 41.8 Å². The highest BCUT2D eigenvalue weighted by atomic mass is 19.1. The molecule has 1 aromatic carbocycles. The Bertz CT molecular complexity index is 565. The van der Waals surface area contributed by atoms with Crippen LogP contribution in [-0.2, 0) is 9.59 Å².